The molecule has 0 aliphatic heterocycles. The molecule has 0 aromatic carbocycles. The Balaban J connectivity index is 2.61. The number of hydrogen-bond acceptors (Lipinski definition) is 5. The smallest absolute Gasteiger partial charge is 0.322 e. The Morgan fingerprint density at radius 3 is 2.75 bits per heavy atom. The van der Waals surface area contributed by atoms with Crippen LogP contribution in [0.2, 0.25) is 5.28 Å². The zero-order valence-corrected chi connectivity index (χ0v) is 10.6. The van der Waals surface area contributed by atoms with Crippen LogP contribution in [0, 0.1) is 0 Å². The highest BCUT2D eigenvalue weighted by Gasteiger charge is 2.07. The van der Waals surface area contributed by atoms with Crippen LogP contribution in [-0.4, -0.2) is 28.1 Å². The second kappa shape index (κ2) is 6.48. The van der Waals surface area contributed by atoms with E-state index < -0.39 is 0 Å². The van der Waals surface area contributed by atoms with Crippen molar-refractivity contribution in [2.45, 2.75) is 39.2 Å². The number of nitrogens with one attached hydrogen (secondary N) is 1. The first-order chi connectivity index (χ1) is 7.65. The molecule has 1 aromatic heterocycles. The summed E-state index contributed by atoms with van der Waals surface area (Å²) in [5.74, 6) is 0.459. The Morgan fingerprint density at radius 1 is 1.38 bits per heavy atom. The molecule has 90 valence electrons. The van der Waals surface area contributed by atoms with Crippen molar-refractivity contribution in [1.82, 2.24) is 15.0 Å². The van der Waals surface area contributed by atoms with E-state index >= 15 is 0 Å². The average Bonchev–Trinajstić information content (AvgIpc) is 2.25. The maximum atomic E-state index is 5.73. The standard InChI is InChI=1S/C10H17ClN4O/c1-4-5-6-7(2)12-9-13-8(11)14-10(15-9)16-3/h7H,4-6H2,1-3H3,(H,12,13,14,15). The average molecular weight is 245 g/mol. The van der Waals surface area contributed by atoms with E-state index in [1.165, 1.54) is 20.0 Å². The van der Waals surface area contributed by atoms with E-state index in [-0.39, 0.29) is 11.3 Å². The highest BCUT2D eigenvalue weighted by molar-refractivity contribution is 6.28. The predicted molar refractivity (Wildman–Crippen MR) is 64.0 cm³/mol. The monoisotopic (exact) mass is 244 g/mol. The van der Waals surface area contributed by atoms with E-state index in [1.807, 2.05) is 0 Å². The summed E-state index contributed by atoms with van der Waals surface area (Å²) in [7, 11) is 1.50. The molecule has 0 bridgehead atoms. The lowest BCUT2D eigenvalue weighted by Gasteiger charge is -2.13. The molecule has 0 saturated heterocycles. The van der Waals surface area contributed by atoms with Gasteiger partial charge in [0.05, 0.1) is 7.11 Å². The number of methoxy groups -OCH3 is 1. The molecule has 6 heteroatoms. The van der Waals surface area contributed by atoms with Crippen molar-refractivity contribution >= 4 is 17.5 Å². The van der Waals surface area contributed by atoms with Gasteiger partial charge in [-0.05, 0) is 24.9 Å². The van der Waals surface area contributed by atoms with Gasteiger partial charge in [0, 0.05) is 6.04 Å². The van der Waals surface area contributed by atoms with Gasteiger partial charge >= 0.3 is 6.01 Å². The van der Waals surface area contributed by atoms with Crippen LogP contribution in [0.15, 0.2) is 0 Å². The summed E-state index contributed by atoms with van der Waals surface area (Å²) in [5.41, 5.74) is 0. The van der Waals surface area contributed by atoms with Gasteiger partial charge < -0.3 is 10.1 Å². The van der Waals surface area contributed by atoms with Gasteiger partial charge in [-0.25, -0.2) is 0 Å². The molecule has 1 rings (SSSR count). The molecule has 0 radical (unpaired) electrons. The van der Waals surface area contributed by atoms with E-state index in [0.717, 1.165) is 6.42 Å². The Labute approximate surface area is 101 Å². The van der Waals surface area contributed by atoms with Crippen molar-refractivity contribution in [2.75, 3.05) is 12.4 Å². The van der Waals surface area contributed by atoms with Crippen LogP contribution in [0.5, 0.6) is 6.01 Å². The number of hydrogen-bond donors (Lipinski definition) is 1. The number of nitrogens with zero attached hydrogens (tertiary/aromatic N) is 3. The summed E-state index contributed by atoms with van der Waals surface area (Å²) in [6.45, 7) is 4.25. The Hall–Kier alpha value is -1.10. The summed E-state index contributed by atoms with van der Waals surface area (Å²) in [6, 6.07) is 0.535. The van der Waals surface area contributed by atoms with Gasteiger partial charge in [0.15, 0.2) is 0 Å². The molecular formula is C10H17ClN4O. The summed E-state index contributed by atoms with van der Waals surface area (Å²) in [4.78, 5) is 11.8. The van der Waals surface area contributed by atoms with Crippen LogP contribution in [0.3, 0.4) is 0 Å². The van der Waals surface area contributed by atoms with Crippen LogP contribution < -0.4 is 10.1 Å². The number of rotatable bonds is 6. The molecular weight excluding hydrogens is 228 g/mol. The molecule has 0 spiro atoms. The van der Waals surface area contributed by atoms with Crippen molar-refractivity contribution in [3.05, 3.63) is 5.28 Å². The van der Waals surface area contributed by atoms with Crippen molar-refractivity contribution in [3.63, 3.8) is 0 Å². The van der Waals surface area contributed by atoms with Crippen LogP contribution in [0.1, 0.15) is 33.1 Å². The second-order valence-electron chi connectivity index (χ2n) is 3.60. The van der Waals surface area contributed by atoms with Crippen LogP contribution in [0.25, 0.3) is 0 Å². The number of halogens is 1. The van der Waals surface area contributed by atoms with E-state index in [0.29, 0.717) is 12.0 Å². The van der Waals surface area contributed by atoms with Gasteiger partial charge in [-0.3, -0.25) is 0 Å². The zero-order chi connectivity index (χ0) is 12.0. The van der Waals surface area contributed by atoms with Gasteiger partial charge in [-0.2, -0.15) is 15.0 Å². The van der Waals surface area contributed by atoms with Crippen molar-refractivity contribution in [2.24, 2.45) is 0 Å². The van der Waals surface area contributed by atoms with Gasteiger partial charge in [0.2, 0.25) is 11.2 Å². The maximum absolute atomic E-state index is 5.73. The van der Waals surface area contributed by atoms with Crippen LogP contribution >= 0.6 is 11.6 Å². The third-order valence-electron chi connectivity index (χ3n) is 2.14. The summed E-state index contributed by atoms with van der Waals surface area (Å²) in [5, 5.41) is 3.30. The molecule has 0 aliphatic rings. The van der Waals surface area contributed by atoms with Gasteiger partial charge in [0.25, 0.3) is 0 Å². The topological polar surface area (TPSA) is 59.9 Å². The van der Waals surface area contributed by atoms with E-state index in [2.05, 4.69) is 34.1 Å². The molecule has 1 heterocycles. The van der Waals surface area contributed by atoms with Crippen LogP contribution in [0.4, 0.5) is 5.95 Å². The van der Waals surface area contributed by atoms with Crippen molar-refractivity contribution < 1.29 is 4.74 Å². The third-order valence-corrected chi connectivity index (χ3v) is 2.31. The highest BCUT2D eigenvalue weighted by Crippen LogP contribution is 2.12. The lowest BCUT2D eigenvalue weighted by atomic mass is 10.1. The molecule has 1 atom stereocenters. The molecule has 5 nitrogen and oxygen atoms in total. The first-order valence-corrected chi connectivity index (χ1v) is 5.75. The first-order valence-electron chi connectivity index (χ1n) is 5.37. The summed E-state index contributed by atoms with van der Waals surface area (Å²) >= 11 is 5.73. The predicted octanol–water partition coefficient (Wildman–Crippen LogP) is 2.52. The minimum Gasteiger partial charge on any atom is -0.467 e. The minimum atomic E-state index is 0.136. The Bertz CT molecular complexity index is 335. The number of aromatic nitrogens is 3. The largest absolute Gasteiger partial charge is 0.467 e. The first kappa shape index (κ1) is 13.0. The SMILES string of the molecule is CCCCC(C)Nc1nc(Cl)nc(OC)n1. The molecule has 1 unspecified atom stereocenters. The molecule has 0 fully saturated rings. The highest BCUT2D eigenvalue weighted by atomic mass is 35.5. The van der Waals surface area contributed by atoms with Crippen molar-refractivity contribution in [3.8, 4) is 6.01 Å². The van der Waals surface area contributed by atoms with Gasteiger partial charge in [0.1, 0.15) is 0 Å². The molecule has 0 aliphatic carbocycles. The molecule has 1 aromatic rings. The Morgan fingerprint density at radius 2 is 2.12 bits per heavy atom. The van der Waals surface area contributed by atoms with Crippen molar-refractivity contribution in [1.29, 1.82) is 0 Å². The Kier molecular flexibility index (Phi) is 5.25. The lowest BCUT2D eigenvalue weighted by molar-refractivity contribution is 0.378. The fourth-order valence-electron chi connectivity index (χ4n) is 1.29. The second-order valence-corrected chi connectivity index (χ2v) is 3.94. The fourth-order valence-corrected chi connectivity index (χ4v) is 1.44. The molecule has 0 saturated carbocycles. The van der Waals surface area contributed by atoms with Gasteiger partial charge in [-0.1, -0.05) is 19.8 Å². The van der Waals surface area contributed by atoms with Crippen LogP contribution in [-0.2, 0) is 0 Å². The normalized spacial score (nSPS) is 12.2. The third kappa shape index (κ3) is 4.18. The molecule has 16 heavy (non-hydrogen) atoms. The maximum Gasteiger partial charge on any atom is 0.322 e. The molecule has 1 N–H and O–H groups in total. The van der Waals surface area contributed by atoms with E-state index in [4.69, 9.17) is 16.3 Å². The lowest BCUT2D eigenvalue weighted by Crippen LogP contribution is -2.17. The summed E-state index contributed by atoms with van der Waals surface area (Å²) in [6.07, 6.45) is 3.42. The quantitative estimate of drug-likeness (QED) is 0.833. The van der Waals surface area contributed by atoms with E-state index in [9.17, 15) is 0 Å². The minimum absolute atomic E-state index is 0.136. The number of anilines is 1. The van der Waals surface area contributed by atoms with E-state index in [1.54, 1.807) is 0 Å². The molecule has 0 amide bonds. The fraction of sp³-hybridized carbons (Fsp3) is 0.700. The zero-order valence-electron chi connectivity index (χ0n) is 9.83. The summed E-state index contributed by atoms with van der Waals surface area (Å²) < 4.78 is 4.91. The number of ether oxygens (including phenoxy) is 1. The number of unbranched alkanes of at least 4 members (excludes halogenated alkanes) is 1. The van der Waals surface area contributed by atoms with Gasteiger partial charge in [-0.15, -0.1) is 0 Å².